The number of hydrogen-bond donors (Lipinski definition) is 1. The maximum Gasteiger partial charge on any atom is 0.165 e. The lowest BCUT2D eigenvalue weighted by Gasteiger charge is -2.09. The summed E-state index contributed by atoms with van der Waals surface area (Å²) in [4.78, 5) is 2.73. The second kappa shape index (κ2) is 6.97. The minimum atomic E-state index is -0.494. The van der Waals surface area contributed by atoms with E-state index in [0.717, 1.165) is 5.56 Å². The van der Waals surface area contributed by atoms with Crippen LogP contribution in [0.25, 0.3) is 0 Å². The molecule has 0 saturated heterocycles. The van der Waals surface area contributed by atoms with Gasteiger partial charge >= 0.3 is 0 Å². The first kappa shape index (κ1) is 15.2. The van der Waals surface area contributed by atoms with Gasteiger partial charge in [0.15, 0.2) is 11.6 Å². The lowest BCUT2D eigenvalue weighted by molar-refractivity contribution is 0.202. The topological polar surface area (TPSA) is 58.0 Å². The zero-order chi connectivity index (χ0) is 15.2. The van der Waals surface area contributed by atoms with Crippen molar-refractivity contribution in [2.24, 2.45) is 0 Å². The summed E-state index contributed by atoms with van der Waals surface area (Å²) >= 11 is 4.99. The highest BCUT2D eigenvalue weighted by Crippen LogP contribution is 2.27. The fourth-order valence-corrected chi connectivity index (χ4v) is 1.99. The number of benzene rings is 1. The largest absolute Gasteiger partial charge is 0.453 e. The van der Waals surface area contributed by atoms with Crippen molar-refractivity contribution in [1.82, 2.24) is 4.98 Å². The lowest BCUT2D eigenvalue weighted by atomic mass is 10.1. The standard InChI is InChI=1S/C15H13FN2O2S/c1-19-7-5-10-2-3-14(12(16)8-10)20-13-4-6-18-15(21)11(13)9-17/h2-4,6,8H,5,7H2,1H3,(H,18,21). The molecule has 0 aliphatic carbocycles. The summed E-state index contributed by atoms with van der Waals surface area (Å²) in [6.07, 6.45) is 2.16. The van der Waals surface area contributed by atoms with Crippen LogP contribution in [0.3, 0.4) is 0 Å². The van der Waals surface area contributed by atoms with Gasteiger partial charge in [-0.2, -0.15) is 5.26 Å². The number of nitrogens with zero attached hydrogens (tertiary/aromatic N) is 1. The SMILES string of the molecule is COCCc1ccc(Oc2cc[nH]c(=S)c2C#N)c(F)c1. The Morgan fingerprint density at radius 2 is 2.14 bits per heavy atom. The first-order chi connectivity index (χ1) is 10.2. The smallest absolute Gasteiger partial charge is 0.165 e. The summed E-state index contributed by atoms with van der Waals surface area (Å²) in [6.45, 7) is 0.520. The zero-order valence-corrected chi connectivity index (χ0v) is 12.2. The number of aromatic amines is 1. The third kappa shape index (κ3) is 3.66. The van der Waals surface area contributed by atoms with Crippen molar-refractivity contribution in [3.8, 4) is 17.6 Å². The Morgan fingerprint density at radius 3 is 2.81 bits per heavy atom. The lowest BCUT2D eigenvalue weighted by Crippen LogP contribution is -1.97. The van der Waals surface area contributed by atoms with E-state index in [-0.39, 0.29) is 21.7 Å². The summed E-state index contributed by atoms with van der Waals surface area (Å²) in [5, 5.41) is 9.06. The van der Waals surface area contributed by atoms with Gasteiger partial charge in [0.1, 0.15) is 22.0 Å². The molecule has 0 saturated carbocycles. The van der Waals surface area contributed by atoms with Gasteiger partial charge in [0.2, 0.25) is 0 Å². The van der Waals surface area contributed by atoms with Gasteiger partial charge in [-0.05, 0) is 30.2 Å². The highest BCUT2D eigenvalue weighted by Gasteiger charge is 2.10. The molecule has 0 radical (unpaired) electrons. The third-order valence-corrected chi connectivity index (χ3v) is 3.17. The molecule has 0 unspecified atom stereocenters. The Bertz CT molecular complexity index is 737. The Balaban J connectivity index is 2.27. The van der Waals surface area contributed by atoms with Gasteiger partial charge in [0.25, 0.3) is 0 Å². The molecule has 1 heterocycles. The second-order valence-corrected chi connectivity index (χ2v) is 4.68. The Hall–Kier alpha value is -2.23. The highest BCUT2D eigenvalue weighted by atomic mass is 32.1. The molecule has 4 nitrogen and oxygen atoms in total. The molecule has 0 amide bonds. The maximum absolute atomic E-state index is 14.0. The van der Waals surface area contributed by atoms with Gasteiger partial charge in [-0.3, -0.25) is 0 Å². The number of pyridine rings is 1. The molecule has 0 fully saturated rings. The average Bonchev–Trinajstić information content (AvgIpc) is 2.48. The van der Waals surface area contributed by atoms with Crippen LogP contribution >= 0.6 is 12.2 Å². The Labute approximate surface area is 126 Å². The molecule has 108 valence electrons. The number of H-pyrrole nitrogens is 1. The fraction of sp³-hybridized carbons (Fsp3) is 0.200. The predicted molar refractivity (Wildman–Crippen MR) is 78.4 cm³/mol. The average molecular weight is 304 g/mol. The van der Waals surface area contributed by atoms with Crippen LogP contribution < -0.4 is 4.74 Å². The van der Waals surface area contributed by atoms with Gasteiger partial charge in [-0.15, -0.1) is 0 Å². The number of hydrogen-bond acceptors (Lipinski definition) is 4. The molecular formula is C15H13FN2O2S. The number of methoxy groups -OCH3 is 1. The van der Waals surface area contributed by atoms with Crippen LogP contribution in [0.15, 0.2) is 30.5 Å². The van der Waals surface area contributed by atoms with Crippen molar-refractivity contribution < 1.29 is 13.9 Å². The summed E-state index contributed by atoms with van der Waals surface area (Å²) in [7, 11) is 1.59. The van der Waals surface area contributed by atoms with E-state index in [4.69, 9.17) is 27.0 Å². The fourth-order valence-electron chi connectivity index (χ4n) is 1.77. The molecule has 0 atom stereocenters. The number of rotatable bonds is 5. The number of halogens is 1. The molecule has 1 N–H and O–H groups in total. The quantitative estimate of drug-likeness (QED) is 0.855. The van der Waals surface area contributed by atoms with Gasteiger partial charge < -0.3 is 14.5 Å². The summed E-state index contributed by atoms with van der Waals surface area (Å²) in [5.74, 6) is -0.218. The van der Waals surface area contributed by atoms with Crippen molar-refractivity contribution in [2.75, 3.05) is 13.7 Å². The summed E-state index contributed by atoms with van der Waals surface area (Å²) < 4.78 is 24.7. The molecule has 1 aromatic heterocycles. The Morgan fingerprint density at radius 1 is 1.33 bits per heavy atom. The third-order valence-electron chi connectivity index (χ3n) is 2.85. The predicted octanol–water partition coefficient (Wildman–Crippen LogP) is 3.74. The molecule has 1 aromatic carbocycles. The molecule has 0 aliphatic heterocycles. The minimum Gasteiger partial charge on any atom is -0.453 e. The first-order valence-corrected chi connectivity index (χ1v) is 6.63. The number of nitrogens with one attached hydrogen (secondary N) is 1. The first-order valence-electron chi connectivity index (χ1n) is 6.22. The van der Waals surface area contributed by atoms with Crippen LogP contribution in [0.2, 0.25) is 0 Å². The van der Waals surface area contributed by atoms with Gasteiger partial charge in [-0.25, -0.2) is 4.39 Å². The van der Waals surface area contributed by atoms with E-state index in [1.165, 1.54) is 18.2 Å². The number of nitriles is 1. The van der Waals surface area contributed by atoms with Gasteiger partial charge in [0.05, 0.1) is 6.61 Å². The van der Waals surface area contributed by atoms with Crippen LogP contribution in [0, 0.1) is 21.8 Å². The number of aromatic nitrogens is 1. The minimum absolute atomic E-state index is 0.0493. The normalized spacial score (nSPS) is 10.1. The molecule has 2 aromatic rings. The summed E-state index contributed by atoms with van der Waals surface area (Å²) in [6, 6.07) is 8.16. The van der Waals surface area contributed by atoms with Crippen LogP contribution in [0.4, 0.5) is 4.39 Å². The van der Waals surface area contributed by atoms with E-state index in [0.29, 0.717) is 13.0 Å². The molecule has 21 heavy (non-hydrogen) atoms. The highest BCUT2D eigenvalue weighted by molar-refractivity contribution is 7.71. The van der Waals surface area contributed by atoms with Crippen molar-refractivity contribution >= 4 is 12.2 Å². The zero-order valence-electron chi connectivity index (χ0n) is 11.4. The second-order valence-electron chi connectivity index (χ2n) is 4.27. The Kier molecular flexibility index (Phi) is 5.04. The van der Waals surface area contributed by atoms with Gasteiger partial charge in [-0.1, -0.05) is 18.3 Å². The van der Waals surface area contributed by atoms with E-state index in [2.05, 4.69) is 4.98 Å². The molecule has 0 bridgehead atoms. The maximum atomic E-state index is 14.0. The van der Waals surface area contributed by atoms with E-state index in [1.807, 2.05) is 6.07 Å². The van der Waals surface area contributed by atoms with Crippen LogP contribution in [0.5, 0.6) is 11.5 Å². The van der Waals surface area contributed by atoms with Crippen molar-refractivity contribution in [2.45, 2.75) is 6.42 Å². The van der Waals surface area contributed by atoms with Crippen molar-refractivity contribution in [1.29, 1.82) is 5.26 Å². The number of ether oxygens (including phenoxy) is 2. The van der Waals surface area contributed by atoms with Gasteiger partial charge in [0, 0.05) is 13.3 Å². The van der Waals surface area contributed by atoms with E-state index in [9.17, 15) is 4.39 Å². The molecule has 0 spiro atoms. The van der Waals surface area contributed by atoms with E-state index < -0.39 is 5.82 Å². The van der Waals surface area contributed by atoms with Crippen molar-refractivity contribution in [3.63, 3.8) is 0 Å². The molecular weight excluding hydrogens is 291 g/mol. The summed E-state index contributed by atoms with van der Waals surface area (Å²) in [5.41, 5.74) is 0.989. The van der Waals surface area contributed by atoms with Crippen LogP contribution in [-0.4, -0.2) is 18.7 Å². The van der Waals surface area contributed by atoms with Crippen LogP contribution in [-0.2, 0) is 11.2 Å². The molecule has 0 aliphatic rings. The van der Waals surface area contributed by atoms with Crippen molar-refractivity contribution in [3.05, 3.63) is 52.0 Å². The molecule has 2 rings (SSSR count). The monoisotopic (exact) mass is 304 g/mol. The molecule has 6 heteroatoms. The van der Waals surface area contributed by atoms with Crippen LogP contribution in [0.1, 0.15) is 11.1 Å². The van der Waals surface area contributed by atoms with E-state index >= 15 is 0 Å². The van der Waals surface area contributed by atoms with E-state index in [1.54, 1.807) is 19.4 Å².